The summed E-state index contributed by atoms with van der Waals surface area (Å²) in [7, 11) is 1.61. The average Bonchev–Trinajstić information content (AvgIpc) is 2.86. The average molecular weight is 487 g/mol. The van der Waals surface area contributed by atoms with Gasteiger partial charge in [-0.15, -0.1) is 0 Å². The molecule has 0 radical (unpaired) electrons. The number of aliphatic hydroxyl groups excluding tert-OH is 1. The maximum atomic E-state index is 12.1. The van der Waals surface area contributed by atoms with Crippen molar-refractivity contribution >= 4 is 16.9 Å². The Labute approximate surface area is 212 Å². The number of aromatic nitrogens is 1. The number of rotatable bonds is 7. The monoisotopic (exact) mass is 486 g/mol. The Balaban J connectivity index is 1.38. The van der Waals surface area contributed by atoms with Crippen LogP contribution in [0.1, 0.15) is 47.6 Å². The van der Waals surface area contributed by atoms with Crippen molar-refractivity contribution in [2.75, 3.05) is 26.7 Å². The van der Waals surface area contributed by atoms with Crippen molar-refractivity contribution in [2.24, 2.45) is 11.8 Å². The highest BCUT2D eigenvalue weighted by atomic mass is 16.5. The Morgan fingerprint density at radius 3 is 2.69 bits per heavy atom. The van der Waals surface area contributed by atoms with Gasteiger partial charge < -0.3 is 14.9 Å². The summed E-state index contributed by atoms with van der Waals surface area (Å²) in [5, 5.41) is 21.8. The summed E-state index contributed by atoms with van der Waals surface area (Å²) >= 11 is 0. The fraction of sp³-hybridized carbons (Fsp3) is 0.400. The van der Waals surface area contributed by atoms with E-state index in [1.54, 1.807) is 13.3 Å². The van der Waals surface area contributed by atoms with Crippen molar-refractivity contribution in [3.8, 4) is 17.6 Å². The molecule has 1 fully saturated rings. The number of aliphatic hydroxyl groups is 1. The SMILES string of the molecule is COc1ccc2nccc([C@H](O)CC[C@@H]3CCN(CC#Cc4cc(C)cc(C)c4)C[C@@H]3C(=O)O)c2c1. The molecule has 1 aromatic heterocycles. The molecular formula is C30H34N2O4. The lowest BCUT2D eigenvalue weighted by molar-refractivity contribution is -0.146. The van der Waals surface area contributed by atoms with Gasteiger partial charge in [-0.05, 0) is 98.7 Å². The quantitative estimate of drug-likeness (QED) is 0.469. The van der Waals surface area contributed by atoms with Gasteiger partial charge in [-0.1, -0.05) is 17.9 Å². The van der Waals surface area contributed by atoms with Crippen molar-refractivity contribution in [3.05, 3.63) is 70.9 Å². The first kappa shape index (κ1) is 25.7. The zero-order valence-corrected chi connectivity index (χ0v) is 21.2. The van der Waals surface area contributed by atoms with Crippen LogP contribution >= 0.6 is 0 Å². The number of nitrogens with zero attached hydrogens (tertiary/aromatic N) is 2. The Bertz CT molecular complexity index is 1270. The summed E-state index contributed by atoms with van der Waals surface area (Å²) in [6.07, 6.45) is 2.93. The summed E-state index contributed by atoms with van der Waals surface area (Å²) < 4.78 is 5.34. The van der Waals surface area contributed by atoms with E-state index < -0.39 is 18.0 Å². The van der Waals surface area contributed by atoms with Crippen LogP contribution in [0.5, 0.6) is 5.75 Å². The van der Waals surface area contributed by atoms with Gasteiger partial charge in [-0.25, -0.2) is 0 Å². The van der Waals surface area contributed by atoms with E-state index in [0.29, 0.717) is 31.7 Å². The normalized spacial score (nSPS) is 18.9. The van der Waals surface area contributed by atoms with Crippen molar-refractivity contribution in [1.29, 1.82) is 0 Å². The minimum atomic E-state index is -0.777. The molecule has 6 heteroatoms. The minimum absolute atomic E-state index is 0.0171. The van der Waals surface area contributed by atoms with Crippen LogP contribution in [0.2, 0.25) is 0 Å². The summed E-state index contributed by atoms with van der Waals surface area (Å²) in [6.45, 7) is 5.96. The minimum Gasteiger partial charge on any atom is -0.497 e. The molecule has 3 aromatic rings. The van der Waals surface area contributed by atoms with Gasteiger partial charge in [-0.3, -0.25) is 14.7 Å². The van der Waals surface area contributed by atoms with E-state index in [1.807, 2.05) is 24.3 Å². The van der Waals surface area contributed by atoms with E-state index >= 15 is 0 Å². The first-order chi connectivity index (χ1) is 17.3. The van der Waals surface area contributed by atoms with E-state index in [-0.39, 0.29) is 5.92 Å². The van der Waals surface area contributed by atoms with Crippen LogP contribution in [0.25, 0.3) is 10.9 Å². The number of fused-ring (bicyclic) bond motifs is 1. The summed E-state index contributed by atoms with van der Waals surface area (Å²) in [4.78, 5) is 18.6. The van der Waals surface area contributed by atoms with Crippen LogP contribution in [0.15, 0.2) is 48.7 Å². The smallest absolute Gasteiger partial charge is 0.308 e. The number of likely N-dealkylation sites (tertiary alicyclic amines) is 1. The van der Waals surface area contributed by atoms with Crippen LogP contribution in [0.4, 0.5) is 0 Å². The number of piperidine rings is 1. The van der Waals surface area contributed by atoms with E-state index in [2.05, 4.69) is 53.8 Å². The van der Waals surface area contributed by atoms with Gasteiger partial charge in [0.1, 0.15) is 5.75 Å². The number of carbonyl (C=O) groups is 1. The molecule has 2 aromatic carbocycles. The second kappa shape index (κ2) is 11.6. The molecule has 0 bridgehead atoms. The highest BCUT2D eigenvalue weighted by Gasteiger charge is 2.34. The number of carboxylic acids is 1. The molecular weight excluding hydrogens is 452 g/mol. The van der Waals surface area contributed by atoms with Crippen LogP contribution in [0, 0.1) is 37.5 Å². The number of ether oxygens (including phenoxy) is 1. The third-order valence-corrected chi connectivity index (χ3v) is 7.07. The van der Waals surface area contributed by atoms with Gasteiger partial charge in [0.15, 0.2) is 0 Å². The fourth-order valence-electron chi connectivity index (χ4n) is 5.23. The molecule has 2 N–H and O–H groups in total. The van der Waals surface area contributed by atoms with Crippen LogP contribution in [-0.2, 0) is 4.79 Å². The standard InChI is InChI=1S/C30H34N2O4/c1-20-15-21(2)17-22(16-20)5-4-13-32-14-11-23(27(19-32)30(34)35)6-9-29(33)25-10-12-31-28-8-7-24(36-3)18-26(25)28/h7-8,10,12,15-18,23,27,29,33H,6,9,11,13-14,19H2,1-3H3,(H,34,35)/t23-,27+,29-/m1/s1. The fourth-order valence-corrected chi connectivity index (χ4v) is 5.23. The molecule has 3 atom stereocenters. The lowest BCUT2D eigenvalue weighted by atomic mass is 9.81. The van der Waals surface area contributed by atoms with E-state index in [4.69, 9.17) is 4.74 Å². The van der Waals surface area contributed by atoms with Gasteiger partial charge in [0, 0.05) is 23.7 Å². The van der Waals surface area contributed by atoms with Gasteiger partial charge in [0.25, 0.3) is 0 Å². The van der Waals surface area contributed by atoms with E-state index in [0.717, 1.165) is 35.0 Å². The zero-order valence-electron chi connectivity index (χ0n) is 21.2. The molecule has 0 amide bonds. The maximum absolute atomic E-state index is 12.1. The van der Waals surface area contributed by atoms with Gasteiger partial charge in [0.2, 0.25) is 0 Å². The summed E-state index contributed by atoms with van der Waals surface area (Å²) in [5.41, 5.74) is 4.96. The molecule has 0 unspecified atom stereocenters. The van der Waals surface area contributed by atoms with Crippen molar-refractivity contribution < 1.29 is 19.7 Å². The Morgan fingerprint density at radius 2 is 1.97 bits per heavy atom. The van der Waals surface area contributed by atoms with Crippen molar-refractivity contribution in [1.82, 2.24) is 9.88 Å². The largest absolute Gasteiger partial charge is 0.497 e. The molecule has 1 aliphatic rings. The third kappa shape index (κ3) is 6.23. The molecule has 4 rings (SSSR count). The van der Waals surface area contributed by atoms with Gasteiger partial charge >= 0.3 is 5.97 Å². The summed E-state index contributed by atoms with van der Waals surface area (Å²) in [5.74, 6) is 5.93. The molecule has 188 valence electrons. The highest BCUT2D eigenvalue weighted by molar-refractivity contribution is 5.83. The summed E-state index contributed by atoms with van der Waals surface area (Å²) in [6, 6.07) is 13.7. The molecule has 0 aliphatic carbocycles. The Hall–Kier alpha value is -3.40. The molecule has 1 saturated heterocycles. The number of carboxylic acid groups (broad SMARTS) is 1. The molecule has 1 aliphatic heterocycles. The number of methoxy groups -OCH3 is 1. The number of aliphatic carboxylic acids is 1. The molecule has 36 heavy (non-hydrogen) atoms. The third-order valence-electron chi connectivity index (χ3n) is 7.07. The predicted octanol–water partition coefficient (Wildman–Crippen LogP) is 4.75. The van der Waals surface area contributed by atoms with Crippen molar-refractivity contribution in [2.45, 2.75) is 39.2 Å². The lowest BCUT2D eigenvalue weighted by Crippen LogP contribution is -2.44. The zero-order chi connectivity index (χ0) is 25.7. The number of hydrogen-bond donors (Lipinski definition) is 2. The van der Waals surface area contributed by atoms with Gasteiger partial charge in [0.05, 0.1) is 31.2 Å². The number of aryl methyl sites for hydroxylation is 2. The first-order valence-corrected chi connectivity index (χ1v) is 12.5. The molecule has 2 heterocycles. The second-order valence-electron chi connectivity index (χ2n) is 9.78. The second-order valence-corrected chi connectivity index (χ2v) is 9.78. The van der Waals surface area contributed by atoms with Gasteiger partial charge in [-0.2, -0.15) is 0 Å². The highest BCUT2D eigenvalue weighted by Crippen LogP contribution is 2.33. The Kier molecular flexibility index (Phi) is 8.25. The number of pyridine rings is 1. The molecule has 0 spiro atoms. The number of benzene rings is 2. The lowest BCUT2D eigenvalue weighted by Gasteiger charge is -2.36. The first-order valence-electron chi connectivity index (χ1n) is 12.5. The van der Waals surface area contributed by atoms with Crippen molar-refractivity contribution in [3.63, 3.8) is 0 Å². The van der Waals surface area contributed by atoms with Crippen LogP contribution in [-0.4, -0.2) is 52.8 Å². The van der Waals surface area contributed by atoms with E-state index in [9.17, 15) is 15.0 Å². The van der Waals surface area contributed by atoms with E-state index in [1.165, 1.54) is 11.1 Å². The predicted molar refractivity (Wildman–Crippen MR) is 141 cm³/mol. The topological polar surface area (TPSA) is 82.9 Å². The van der Waals surface area contributed by atoms with Crippen LogP contribution < -0.4 is 4.74 Å². The number of hydrogen-bond acceptors (Lipinski definition) is 5. The van der Waals surface area contributed by atoms with Crippen LogP contribution in [0.3, 0.4) is 0 Å². The molecule has 6 nitrogen and oxygen atoms in total. The Morgan fingerprint density at radius 1 is 1.19 bits per heavy atom. The maximum Gasteiger partial charge on any atom is 0.308 e. The molecule has 0 saturated carbocycles.